The summed E-state index contributed by atoms with van der Waals surface area (Å²) in [5, 5.41) is 2.93. The van der Waals surface area contributed by atoms with Crippen molar-refractivity contribution in [1.29, 1.82) is 0 Å². The summed E-state index contributed by atoms with van der Waals surface area (Å²) in [6.07, 6.45) is 4.27. The molecule has 0 bridgehead atoms. The first-order valence-corrected chi connectivity index (χ1v) is 7.78. The SMILES string of the molecule is Cc1ccccc1CNC(=O)c1ccc(N2CCCC2)cn1. The molecule has 0 unspecified atom stereocenters. The molecule has 0 spiro atoms. The summed E-state index contributed by atoms with van der Waals surface area (Å²) in [4.78, 5) is 18.8. The molecule has 1 saturated heterocycles. The summed E-state index contributed by atoms with van der Waals surface area (Å²) >= 11 is 0. The van der Waals surface area contributed by atoms with E-state index in [1.807, 2.05) is 37.3 Å². The van der Waals surface area contributed by atoms with Crippen LogP contribution in [0.5, 0.6) is 0 Å². The van der Waals surface area contributed by atoms with Crippen LogP contribution in [-0.4, -0.2) is 24.0 Å². The summed E-state index contributed by atoms with van der Waals surface area (Å²) in [5.74, 6) is -0.128. The molecule has 22 heavy (non-hydrogen) atoms. The molecule has 0 aliphatic carbocycles. The Kier molecular flexibility index (Phi) is 4.37. The third kappa shape index (κ3) is 3.27. The van der Waals surface area contributed by atoms with E-state index >= 15 is 0 Å². The number of amides is 1. The van der Waals surface area contributed by atoms with Crippen LogP contribution in [0.4, 0.5) is 5.69 Å². The van der Waals surface area contributed by atoms with E-state index in [2.05, 4.69) is 15.2 Å². The lowest BCUT2D eigenvalue weighted by Crippen LogP contribution is -2.24. The van der Waals surface area contributed by atoms with Crippen molar-refractivity contribution >= 4 is 11.6 Å². The fourth-order valence-electron chi connectivity index (χ4n) is 2.76. The monoisotopic (exact) mass is 295 g/mol. The van der Waals surface area contributed by atoms with Gasteiger partial charge in [-0.3, -0.25) is 4.79 Å². The molecule has 1 aliphatic rings. The van der Waals surface area contributed by atoms with Gasteiger partial charge in [-0.15, -0.1) is 0 Å². The summed E-state index contributed by atoms with van der Waals surface area (Å²) < 4.78 is 0. The van der Waals surface area contributed by atoms with Crippen molar-refractivity contribution in [2.45, 2.75) is 26.3 Å². The lowest BCUT2D eigenvalue weighted by molar-refractivity contribution is 0.0946. The minimum atomic E-state index is -0.128. The van der Waals surface area contributed by atoms with E-state index in [0.29, 0.717) is 12.2 Å². The zero-order chi connectivity index (χ0) is 15.4. The molecule has 4 heteroatoms. The molecular formula is C18H21N3O. The van der Waals surface area contributed by atoms with Crippen LogP contribution >= 0.6 is 0 Å². The van der Waals surface area contributed by atoms with Crippen LogP contribution in [0.2, 0.25) is 0 Å². The highest BCUT2D eigenvalue weighted by Gasteiger charge is 2.13. The number of rotatable bonds is 4. The second-order valence-electron chi connectivity index (χ2n) is 5.70. The average molecular weight is 295 g/mol. The number of nitrogens with one attached hydrogen (secondary N) is 1. The zero-order valence-electron chi connectivity index (χ0n) is 12.9. The van der Waals surface area contributed by atoms with Gasteiger partial charge in [0.05, 0.1) is 11.9 Å². The Balaban J connectivity index is 1.61. The van der Waals surface area contributed by atoms with E-state index in [4.69, 9.17) is 0 Å². The minimum Gasteiger partial charge on any atom is -0.370 e. The Labute approximate surface area is 131 Å². The molecule has 0 saturated carbocycles. The third-order valence-electron chi connectivity index (χ3n) is 4.15. The number of anilines is 1. The van der Waals surface area contributed by atoms with E-state index in [-0.39, 0.29) is 5.91 Å². The van der Waals surface area contributed by atoms with Crippen LogP contribution in [0.1, 0.15) is 34.5 Å². The molecule has 4 nitrogen and oxygen atoms in total. The lowest BCUT2D eigenvalue weighted by atomic mass is 10.1. The maximum Gasteiger partial charge on any atom is 0.270 e. The molecule has 114 valence electrons. The van der Waals surface area contributed by atoms with Crippen molar-refractivity contribution in [2.24, 2.45) is 0 Å². The highest BCUT2D eigenvalue weighted by atomic mass is 16.1. The van der Waals surface area contributed by atoms with Gasteiger partial charge >= 0.3 is 0 Å². The lowest BCUT2D eigenvalue weighted by Gasteiger charge is -2.17. The smallest absolute Gasteiger partial charge is 0.270 e. The van der Waals surface area contributed by atoms with Crippen molar-refractivity contribution in [2.75, 3.05) is 18.0 Å². The molecule has 3 rings (SSSR count). The molecule has 0 atom stereocenters. The molecular weight excluding hydrogens is 274 g/mol. The molecule has 2 aromatic rings. The maximum atomic E-state index is 12.2. The molecule has 1 aromatic heterocycles. The van der Waals surface area contributed by atoms with Gasteiger partial charge in [-0.1, -0.05) is 24.3 Å². The van der Waals surface area contributed by atoms with Crippen molar-refractivity contribution < 1.29 is 4.79 Å². The minimum absolute atomic E-state index is 0.128. The fourth-order valence-corrected chi connectivity index (χ4v) is 2.76. The van der Waals surface area contributed by atoms with Gasteiger partial charge in [-0.05, 0) is 43.0 Å². The second-order valence-corrected chi connectivity index (χ2v) is 5.70. The largest absolute Gasteiger partial charge is 0.370 e. The Hall–Kier alpha value is -2.36. The number of benzene rings is 1. The molecule has 1 N–H and O–H groups in total. The molecule has 1 fully saturated rings. The zero-order valence-corrected chi connectivity index (χ0v) is 12.9. The van der Waals surface area contributed by atoms with E-state index in [9.17, 15) is 4.79 Å². The normalized spacial score (nSPS) is 14.1. The van der Waals surface area contributed by atoms with Gasteiger partial charge in [-0.2, -0.15) is 0 Å². The average Bonchev–Trinajstić information content (AvgIpc) is 3.08. The molecule has 1 aromatic carbocycles. The van der Waals surface area contributed by atoms with Gasteiger partial charge in [0, 0.05) is 19.6 Å². The Bertz CT molecular complexity index is 646. The Morgan fingerprint density at radius 3 is 2.64 bits per heavy atom. The number of nitrogens with zero attached hydrogens (tertiary/aromatic N) is 2. The van der Waals surface area contributed by atoms with Gasteiger partial charge in [0.1, 0.15) is 5.69 Å². The van der Waals surface area contributed by atoms with Crippen LogP contribution in [-0.2, 0) is 6.54 Å². The molecule has 2 heterocycles. The number of carbonyl (C=O) groups excluding carboxylic acids is 1. The third-order valence-corrected chi connectivity index (χ3v) is 4.15. The highest BCUT2D eigenvalue weighted by Crippen LogP contribution is 2.19. The number of aryl methyl sites for hydroxylation is 1. The number of hydrogen-bond acceptors (Lipinski definition) is 3. The van der Waals surface area contributed by atoms with Gasteiger partial charge in [0.25, 0.3) is 5.91 Å². The van der Waals surface area contributed by atoms with Gasteiger partial charge < -0.3 is 10.2 Å². The van der Waals surface area contributed by atoms with Crippen molar-refractivity contribution in [1.82, 2.24) is 10.3 Å². The van der Waals surface area contributed by atoms with E-state index < -0.39 is 0 Å². The van der Waals surface area contributed by atoms with Crippen molar-refractivity contribution in [3.05, 3.63) is 59.4 Å². The molecule has 1 amide bonds. The summed E-state index contributed by atoms with van der Waals surface area (Å²) in [6.45, 7) is 4.74. The number of hydrogen-bond donors (Lipinski definition) is 1. The van der Waals surface area contributed by atoms with Crippen LogP contribution in [0.25, 0.3) is 0 Å². The second kappa shape index (κ2) is 6.60. The number of carbonyl (C=O) groups is 1. The van der Waals surface area contributed by atoms with E-state index in [0.717, 1.165) is 24.3 Å². The van der Waals surface area contributed by atoms with E-state index in [1.165, 1.54) is 18.4 Å². The van der Waals surface area contributed by atoms with Crippen LogP contribution in [0, 0.1) is 6.92 Å². The fraction of sp³-hybridized carbons (Fsp3) is 0.333. The molecule has 1 aliphatic heterocycles. The van der Waals surface area contributed by atoms with Crippen LogP contribution in [0.3, 0.4) is 0 Å². The predicted molar refractivity (Wildman–Crippen MR) is 88.0 cm³/mol. The van der Waals surface area contributed by atoms with Crippen molar-refractivity contribution in [3.63, 3.8) is 0 Å². The number of aromatic nitrogens is 1. The first-order valence-electron chi connectivity index (χ1n) is 7.78. The van der Waals surface area contributed by atoms with Gasteiger partial charge in [0.15, 0.2) is 0 Å². The number of pyridine rings is 1. The van der Waals surface area contributed by atoms with E-state index in [1.54, 1.807) is 12.3 Å². The summed E-state index contributed by atoms with van der Waals surface area (Å²) in [6, 6.07) is 11.9. The maximum absolute atomic E-state index is 12.2. The molecule has 0 radical (unpaired) electrons. The quantitative estimate of drug-likeness (QED) is 0.943. The van der Waals surface area contributed by atoms with Gasteiger partial charge in [0.2, 0.25) is 0 Å². The van der Waals surface area contributed by atoms with Crippen LogP contribution < -0.4 is 10.2 Å². The summed E-state index contributed by atoms with van der Waals surface area (Å²) in [7, 11) is 0. The van der Waals surface area contributed by atoms with Crippen molar-refractivity contribution in [3.8, 4) is 0 Å². The topological polar surface area (TPSA) is 45.2 Å². The highest BCUT2D eigenvalue weighted by molar-refractivity contribution is 5.92. The summed E-state index contributed by atoms with van der Waals surface area (Å²) in [5.41, 5.74) is 3.88. The predicted octanol–water partition coefficient (Wildman–Crippen LogP) is 2.92. The Morgan fingerprint density at radius 1 is 1.18 bits per heavy atom. The van der Waals surface area contributed by atoms with Crippen LogP contribution in [0.15, 0.2) is 42.6 Å². The first kappa shape index (κ1) is 14.6. The van der Waals surface area contributed by atoms with Gasteiger partial charge in [-0.25, -0.2) is 4.98 Å². The standard InChI is InChI=1S/C18H21N3O/c1-14-6-2-3-7-15(14)12-20-18(22)17-9-8-16(13-19-17)21-10-4-5-11-21/h2-3,6-9,13H,4-5,10-12H2,1H3,(H,20,22). The Morgan fingerprint density at radius 2 is 1.95 bits per heavy atom. The first-order chi connectivity index (χ1) is 10.7.